The van der Waals surface area contributed by atoms with Gasteiger partial charge in [0.05, 0.1) is 10.6 Å². The summed E-state index contributed by atoms with van der Waals surface area (Å²) >= 11 is 0. The molecule has 0 saturated carbocycles. The van der Waals surface area contributed by atoms with Gasteiger partial charge in [0.15, 0.2) is 9.84 Å². The number of carbonyl (C=O) groups is 1. The van der Waals surface area contributed by atoms with Gasteiger partial charge in [-0.2, -0.15) is 0 Å². The maximum absolute atomic E-state index is 12.1. The quantitative estimate of drug-likeness (QED) is 0.813. The minimum Gasteiger partial charge on any atom is -0.316 e. The molecule has 18 heavy (non-hydrogen) atoms. The summed E-state index contributed by atoms with van der Waals surface area (Å²) in [7, 11) is -3.21. The molecule has 0 aliphatic carbocycles. The number of fused-ring (bicyclic) bond motifs is 1. The largest absolute Gasteiger partial charge is 0.316 e. The molecule has 2 atom stereocenters. The SMILES string of the molecule is O=C1CCNCC1C1CS(=O)(=O)c2ccccc21. The number of sulfone groups is 1. The van der Waals surface area contributed by atoms with Crippen LogP contribution in [0.25, 0.3) is 0 Å². The smallest absolute Gasteiger partial charge is 0.179 e. The minimum atomic E-state index is -3.21. The maximum Gasteiger partial charge on any atom is 0.179 e. The number of ketones is 1. The molecule has 1 saturated heterocycles. The number of rotatable bonds is 1. The predicted molar refractivity (Wildman–Crippen MR) is 67.2 cm³/mol. The molecular formula is C13H15NO3S. The van der Waals surface area contributed by atoms with Crippen molar-refractivity contribution in [3.63, 3.8) is 0 Å². The summed E-state index contributed by atoms with van der Waals surface area (Å²) in [5.74, 6) is -0.112. The van der Waals surface area contributed by atoms with E-state index in [1.807, 2.05) is 12.1 Å². The van der Waals surface area contributed by atoms with Crippen molar-refractivity contribution in [1.29, 1.82) is 0 Å². The fourth-order valence-corrected chi connectivity index (χ4v) is 4.88. The van der Waals surface area contributed by atoms with Crippen LogP contribution < -0.4 is 5.32 Å². The van der Waals surface area contributed by atoms with Crippen LogP contribution in [-0.4, -0.2) is 33.0 Å². The molecule has 0 amide bonds. The third-order valence-electron chi connectivity index (χ3n) is 3.86. The van der Waals surface area contributed by atoms with Gasteiger partial charge < -0.3 is 5.32 Å². The fourth-order valence-electron chi connectivity index (χ4n) is 2.95. The number of benzene rings is 1. The number of Topliss-reactive ketones (excluding diaryl/α,β-unsaturated/α-hetero) is 1. The summed E-state index contributed by atoms with van der Waals surface area (Å²) in [5.41, 5.74) is 0.819. The molecule has 2 aliphatic heterocycles. The third-order valence-corrected chi connectivity index (χ3v) is 5.70. The first kappa shape index (κ1) is 11.9. The predicted octanol–water partition coefficient (Wildman–Crippen LogP) is 0.736. The van der Waals surface area contributed by atoms with Crippen LogP contribution in [0.2, 0.25) is 0 Å². The van der Waals surface area contributed by atoms with Gasteiger partial charge >= 0.3 is 0 Å². The first-order valence-corrected chi connectivity index (χ1v) is 7.80. The molecule has 5 heteroatoms. The van der Waals surface area contributed by atoms with Gasteiger partial charge in [-0.05, 0) is 11.6 Å². The lowest BCUT2D eigenvalue weighted by molar-refractivity contribution is -0.124. The van der Waals surface area contributed by atoms with Crippen molar-refractivity contribution in [1.82, 2.24) is 5.32 Å². The highest BCUT2D eigenvalue weighted by atomic mass is 32.2. The molecule has 1 aromatic carbocycles. The fraction of sp³-hybridized carbons (Fsp3) is 0.462. The van der Waals surface area contributed by atoms with Crippen LogP contribution >= 0.6 is 0 Å². The Labute approximate surface area is 106 Å². The van der Waals surface area contributed by atoms with Crippen molar-refractivity contribution in [2.45, 2.75) is 17.2 Å². The Morgan fingerprint density at radius 3 is 2.72 bits per heavy atom. The van der Waals surface area contributed by atoms with Crippen LogP contribution in [0.5, 0.6) is 0 Å². The minimum absolute atomic E-state index is 0.0738. The summed E-state index contributed by atoms with van der Waals surface area (Å²) in [6, 6.07) is 7.06. The first-order valence-electron chi connectivity index (χ1n) is 6.15. The Hall–Kier alpha value is -1.20. The van der Waals surface area contributed by atoms with E-state index in [9.17, 15) is 13.2 Å². The van der Waals surface area contributed by atoms with E-state index in [2.05, 4.69) is 5.32 Å². The molecule has 0 spiro atoms. The van der Waals surface area contributed by atoms with Crippen molar-refractivity contribution in [2.75, 3.05) is 18.8 Å². The molecule has 0 aromatic heterocycles. The van der Waals surface area contributed by atoms with E-state index >= 15 is 0 Å². The Morgan fingerprint density at radius 1 is 1.17 bits per heavy atom. The van der Waals surface area contributed by atoms with Crippen LogP contribution in [0.1, 0.15) is 17.9 Å². The summed E-state index contributed by atoms with van der Waals surface area (Å²) in [4.78, 5) is 12.4. The first-order chi connectivity index (χ1) is 8.59. The van der Waals surface area contributed by atoms with Crippen LogP contribution in [0, 0.1) is 5.92 Å². The number of hydrogen-bond donors (Lipinski definition) is 1. The van der Waals surface area contributed by atoms with Crippen LogP contribution in [0.4, 0.5) is 0 Å². The van der Waals surface area contributed by atoms with Crippen molar-refractivity contribution in [2.24, 2.45) is 5.92 Å². The van der Waals surface area contributed by atoms with Gasteiger partial charge in [0.25, 0.3) is 0 Å². The zero-order valence-electron chi connectivity index (χ0n) is 9.93. The second-order valence-electron chi connectivity index (χ2n) is 4.95. The standard InChI is InChI=1S/C13H15NO3S/c15-12-5-6-14-7-10(12)11-8-18(16,17)13-4-2-1-3-9(11)13/h1-4,10-11,14H,5-8H2. The van der Waals surface area contributed by atoms with E-state index in [-0.39, 0.29) is 23.4 Å². The van der Waals surface area contributed by atoms with Crippen molar-refractivity contribution in [3.8, 4) is 0 Å². The van der Waals surface area contributed by atoms with Crippen molar-refractivity contribution >= 4 is 15.6 Å². The van der Waals surface area contributed by atoms with E-state index in [1.54, 1.807) is 12.1 Å². The molecular weight excluding hydrogens is 250 g/mol. The van der Waals surface area contributed by atoms with E-state index in [4.69, 9.17) is 0 Å². The van der Waals surface area contributed by atoms with Gasteiger partial charge in [0.2, 0.25) is 0 Å². The lowest BCUT2D eigenvalue weighted by Gasteiger charge is -2.26. The van der Waals surface area contributed by atoms with Crippen LogP contribution in [-0.2, 0) is 14.6 Å². The van der Waals surface area contributed by atoms with E-state index in [1.165, 1.54) is 0 Å². The molecule has 4 nitrogen and oxygen atoms in total. The van der Waals surface area contributed by atoms with Gasteiger partial charge in [-0.15, -0.1) is 0 Å². The van der Waals surface area contributed by atoms with Gasteiger partial charge in [-0.3, -0.25) is 4.79 Å². The Morgan fingerprint density at radius 2 is 1.94 bits per heavy atom. The zero-order valence-corrected chi connectivity index (χ0v) is 10.7. The molecule has 1 aromatic rings. The van der Waals surface area contributed by atoms with Gasteiger partial charge in [0.1, 0.15) is 5.78 Å². The summed E-state index contributed by atoms with van der Waals surface area (Å²) < 4.78 is 24.2. The Kier molecular flexibility index (Phi) is 2.75. The summed E-state index contributed by atoms with van der Waals surface area (Å²) in [5, 5.41) is 3.18. The average Bonchev–Trinajstić information content (AvgIpc) is 2.63. The van der Waals surface area contributed by atoms with E-state index < -0.39 is 9.84 Å². The maximum atomic E-state index is 12.1. The highest BCUT2D eigenvalue weighted by molar-refractivity contribution is 7.91. The molecule has 2 unspecified atom stereocenters. The monoisotopic (exact) mass is 265 g/mol. The van der Waals surface area contributed by atoms with Crippen LogP contribution in [0.15, 0.2) is 29.2 Å². The lowest BCUT2D eigenvalue weighted by Crippen LogP contribution is -2.40. The highest BCUT2D eigenvalue weighted by Crippen LogP contribution is 2.40. The normalized spacial score (nSPS) is 30.1. The summed E-state index contributed by atoms with van der Waals surface area (Å²) in [6.07, 6.45) is 0.503. The van der Waals surface area contributed by atoms with Gasteiger partial charge in [0, 0.05) is 31.3 Å². The second kappa shape index (κ2) is 4.17. The third kappa shape index (κ3) is 1.78. The molecule has 2 heterocycles. The van der Waals surface area contributed by atoms with Crippen molar-refractivity contribution in [3.05, 3.63) is 29.8 Å². The second-order valence-corrected chi connectivity index (χ2v) is 6.96. The van der Waals surface area contributed by atoms with E-state index in [0.29, 0.717) is 24.4 Å². The average molecular weight is 265 g/mol. The molecule has 3 rings (SSSR count). The number of hydrogen-bond acceptors (Lipinski definition) is 4. The number of carbonyl (C=O) groups excluding carboxylic acids is 1. The number of piperidine rings is 1. The molecule has 2 aliphatic rings. The summed E-state index contributed by atoms with van der Waals surface area (Å²) in [6.45, 7) is 1.30. The lowest BCUT2D eigenvalue weighted by atomic mass is 9.82. The van der Waals surface area contributed by atoms with Crippen molar-refractivity contribution < 1.29 is 13.2 Å². The van der Waals surface area contributed by atoms with Crippen LogP contribution in [0.3, 0.4) is 0 Å². The zero-order chi connectivity index (χ0) is 12.8. The van der Waals surface area contributed by atoms with Gasteiger partial charge in [-0.25, -0.2) is 8.42 Å². The molecule has 0 radical (unpaired) electrons. The molecule has 96 valence electrons. The highest BCUT2D eigenvalue weighted by Gasteiger charge is 2.41. The Bertz CT molecular complexity index is 594. The number of nitrogens with one attached hydrogen (secondary N) is 1. The van der Waals surface area contributed by atoms with Gasteiger partial charge in [-0.1, -0.05) is 18.2 Å². The topological polar surface area (TPSA) is 63.2 Å². The molecule has 1 fully saturated rings. The Balaban J connectivity index is 2.03. The molecule has 0 bridgehead atoms. The van der Waals surface area contributed by atoms with E-state index in [0.717, 1.165) is 5.56 Å². The molecule has 1 N–H and O–H groups in total.